The molecule has 2 aliphatic heterocycles. The molecule has 0 spiro atoms. The lowest BCUT2D eigenvalue weighted by atomic mass is 9.99. The molecule has 142 valence electrons. The molecular weight excluding hydrogens is 366 g/mol. The fraction of sp³-hybridized carbons (Fsp3) is 0.318. The fourth-order valence-corrected chi connectivity index (χ4v) is 5.53. The van der Waals surface area contributed by atoms with Crippen molar-refractivity contribution < 1.29 is 0 Å². The SMILES string of the molecule is CCC1CSC2=NC(c3ccccn3)C(c3cccn3Cc3ccncc3)N21. The molecule has 0 saturated carbocycles. The first-order chi connectivity index (χ1) is 13.8. The number of pyridine rings is 2. The second-order valence-corrected chi connectivity index (χ2v) is 8.24. The van der Waals surface area contributed by atoms with E-state index in [-0.39, 0.29) is 12.1 Å². The lowest BCUT2D eigenvalue weighted by Gasteiger charge is -2.32. The van der Waals surface area contributed by atoms with Crippen molar-refractivity contribution in [1.82, 2.24) is 19.4 Å². The molecule has 3 aromatic rings. The maximum atomic E-state index is 5.12. The van der Waals surface area contributed by atoms with Gasteiger partial charge in [0, 0.05) is 48.8 Å². The molecule has 1 saturated heterocycles. The highest BCUT2D eigenvalue weighted by Crippen LogP contribution is 2.48. The van der Waals surface area contributed by atoms with Crippen LogP contribution in [-0.2, 0) is 6.54 Å². The second-order valence-electron chi connectivity index (χ2n) is 7.25. The fourth-order valence-electron chi connectivity index (χ4n) is 4.20. The molecule has 28 heavy (non-hydrogen) atoms. The van der Waals surface area contributed by atoms with Crippen LogP contribution in [0.4, 0.5) is 0 Å². The van der Waals surface area contributed by atoms with Gasteiger partial charge in [0.15, 0.2) is 5.17 Å². The molecule has 2 aliphatic rings. The minimum Gasteiger partial charge on any atom is -0.345 e. The molecule has 0 N–H and O–H groups in total. The number of hydrogen-bond acceptors (Lipinski definition) is 5. The van der Waals surface area contributed by atoms with Crippen LogP contribution in [0.25, 0.3) is 0 Å². The Kier molecular flexibility index (Phi) is 4.64. The quantitative estimate of drug-likeness (QED) is 0.652. The van der Waals surface area contributed by atoms with Crippen LogP contribution >= 0.6 is 11.8 Å². The van der Waals surface area contributed by atoms with Crippen molar-refractivity contribution in [3.05, 3.63) is 84.2 Å². The number of aliphatic imine (C=N–C) groups is 1. The molecule has 5 nitrogen and oxygen atoms in total. The number of hydrogen-bond donors (Lipinski definition) is 0. The van der Waals surface area contributed by atoms with Gasteiger partial charge in [0.05, 0.1) is 11.7 Å². The molecule has 5 heterocycles. The Bertz CT molecular complexity index is 969. The molecule has 3 aromatic heterocycles. The van der Waals surface area contributed by atoms with Crippen LogP contribution in [-0.4, -0.2) is 36.4 Å². The predicted molar refractivity (Wildman–Crippen MR) is 113 cm³/mol. The first-order valence-electron chi connectivity index (χ1n) is 9.79. The highest BCUT2D eigenvalue weighted by atomic mass is 32.2. The summed E-state index contributed by atoms with van der Waals surface area (Å²) in [5.41, 5.74) is 3.59. The summed E-state index contributed by atoms with van der Waals surface area (Å²) in [6, 6.07) is 15.4. The Morgan fingerprint density at radius 2 is 1.96 bits per heavy atom. The standard InChI is InChI=1S/C22H23N5S/c1-2-17-15-28-22-25-20(18-6-3-4-10-24-18)21(27(17)22)19-7-5-13-26(19)14-16-8-11-23-12-9-16/h3-13,17,20-21H,2,14-15H2,1H3. The average Bonchev–Trinajstić information content (AvgIpc) is 3.44. The Hall–Kier alpha value is -2.60. The Morgan fingerprint density at radius 3 is 2.75 bits per heavy atom. The van der Waals surface area contributed by atoms with Crippen LogP contribution in [0.2, 0.25) is 0 Å². The molecule has 3 atom stereocenters. The van der Waals surface area contributed by atoms with Gasteiger partial charge >= 0.3 is 0 Å². The van der Waals surface area contributed by atoms with Gasteiger partial charge in [-0.1, -0.05) is 24.8 Å². The summed E-state index contributed by atoms with van der Waals surface area (Å²) in [5.74, 6) is 1.12. The first-order valence-corrected chi connectivity index (χ1v) is 10.8. The highest BCUT2D eigenvalue weighted by Gasteiger charge is 2.46. The normalized spacial score (nSPS) is 23.7. The third kappa shape index (κ3) is 3.02. The predicted octanol–water partition coefficient (Wildman–Crippen LogP) is 4.31. The maximum absolute atomic E-state index is 5.12. The van der Waals surface area contributed by atoms with Crippen molar-refractivity contribution in [2.75, 3.05) is 5.75 Å². The van der Waals surface area contributed by atoms with Crippen molar-refractivity contribution >= 4 is 16.9 Å². The molecule has 5 rings (SSSR count). The van der Waals surface area contributed by atoms with Gasteiger partial charge in [-0.25, -0.2) is 0 Å². The van der Waals surface area contributed by atoms with Gasteiger partial charge in [-0.2, -0.15) is 0 Å². The van der Waals surface area contributed by atoms with Gasteiger partial charge in [-0.15, -0.1) is 0 Å². The van der Waals surface area contributed by atoms with Crippen LogP contribution in [0.1, 0.15) is 42.4 Å². The van der Waals surface area contributed by atoms with Crippen LogP contribution in [0.5, 0.6) is 0 Å². The molecule has 0 bridgehead atoms. The lowest BCUT2D eigenvalue weighted by molar-refractivity contribution is 0.246. The van der Waals surface area contributed by atoms with Gasteiger partial charge in [0.1, 0.15) is 6.04 Å². The molecule has 6 heteroatoms. The molecule has 0 amide bonds. The van der Waals surface area contributed by atoms with E-state index in [0.29, 0.717) is 6.04 Å². The molecule has 3 unspecified atom stereocenters. The van der Waals surface area contributed by atoms with E-state index >= 15 is 0 Å². The van der Waals surface area contributed by atoms with Crippen molar-refractivity contribution in [2.45, 2.75) is 38.0 Å². The third-order valence-electron chi connectivity index (χ3n) is 5.60. The number of thioether (sulfide) groups is 1. The van der Waals surface area contributed by atoms with Gasteiger partial charge in [0.25, 0.3) is 0 Å². The summed E-state index contributed by atoms with van der Waals surface area (Å²) in [5, 5.41) is 1.17. The molecule has 1 fully saturated rings. The first kappa shape index (κ1) is 17.5. The lowest BCUT2D eigenvalue weighted by Crippen LogP contribution is -2.36. The van der Waals surface area contributed by atoms with Crippen LogP contribution < -0.4 is 0 Å². The van der Waals surface area contributed by atoms with Gasteiger partial charge in [-0.3, -0.25) is 15.0 Å². The highest BCUT2D eigenvalue weighted by molar-refractivity contribution is 8.14. The summed E-state index contributed by atoms with van der Waals surface area (Å²) in [4.78, 5) is 16.5. The van der Waals surface area contributed by atoms with Gasteiger partial charge in [0.2, 0.25) is 0 Å². The minimum atomic E-state index is 0.0316. The zero-order valence-electron chi connectivity index (χ0n) is 15.8. The van der Waals surface area contributed by atoms with E-state index in [1.165, 1.54) is 16.4 Å². The van der Waals surface area contributed by atoms with E-state index in [2.05, 4.69) is 69.0 Å². The number of rotatable bonds is 5. The van der Waals surface area contributed by atoms with Crippen LogP contribution in [0.15, 0.2) is 72.2 Å². The summed E-state index contributed by atoms with van der Waals surface area (Å²) in [6.45, 7) is 3.11. The van der Waals surface area contributed by atoms with E-state index in [1.807, 2.05) is 36.4 Å². The largest absolute Gasteiger partial charge is 0.345 e. The van der Waals surface area contributed by atoms with Crippen LogP contribution in [0, 0.1) is 0 Å². The number of nitrogens with zero attached hydrogens (tertiary/aromatic N) is 5. The third-order valence-corrected chi connectivity index (χ3v) is 6.73. The Labute approximate surface area is 169 Å². The smallest absolute Gasteiger partial charge is 0.160 e. The summed E-state index contributed by atoms with van der Waals surface area (Å²) < 4.78 is 2.35. The zero-order chi connectivity index (χ0) is 18.9. The topological polar surface area (TPSA) is 46.3 Å². The summed E-state index contributed by atoms with van der Waals surface area (Å²) in [6.07, 6.45) is 8.89. The maximum Gasteiger partial charge on any atom is 0.160 e. The van der Waals surface area contributed by atoms with Crippen molar-refractivity contribution in [3.8, 4) is 0 Å². The Balaban J connectivity index is 1.55. The monoisotopic (exact) mass is 389 g/mol. The second kappa shape index (κ2) is 7.43. The van der Waals surface area contributed by atoms with Crippen molar-refractivity contribution in [2.24, 2.45) is 4.99 Å². The van der Waals surface area contributed by atoms with E-state index in [1.54, 1.807) is 0 Å². The van der Waals surface area contributed by atoms with E-state index in [9.17, 15) is 0 Å². The van der Waals surface area contributed by atoms with Gasteiger partial charge in [-0.05, 0) is 48.4 Å². The number of amidine groups is 1. The van der Waals surface area contributed by atoms with Gasteiger partial charge < -0.3 is 9.47 Å². The zero-order valence-corrected chi connectivity index (χ0v) is 16.7. The Morgan fingerprint density at radius 1 is 1.07 bits per heavy atom. The molecule has 0 aromatic carbocycles. The van der Waals surface area contributed by atoms with Crippen LogP contribution in [0.3, 0.4) is 0 Å². The summed E-state index contributed by atoms with van der Waals surface area (Å²) in [7, 11) is 0. The van der Waals surface area contributed by atoms with E-state index in [4.69, 9.17) is 4.99 Å². The van der Waals surface area contributed by atoms with E-state index in [0.717, 1.165) is 24.4 Å². The number of aromatic nitrogens is 3. The van der Waals surface area contributed by atoms with E-state index < -0.39 is 0 Å². The summed E-state index contributed by atoms with van der Waals surface area (Å²) >= 11 is 1.89. The van der Waals surface area contributed by atoms with Crippen molar-refractivity contribution in [3.63, 3.8) is 0 Å². The number of fused-ring (bicyclic) bond motifs is 1. The molecular formula is C22H23N5S. The van der Waals surface area contributed by atoms with Crippen molar-refractivity contribution in [1.29, 1.82) is 0 Å². The minimum absolute atomic E-state index is 0.0316. The average molecular weight is 390 g/mol. The molecule has 0 aliphatic carbocycles. The molecule has 0 radical (unpaired) electrons.